The van der Waals surface area contributed by atoms with E-state index in [9.17, 15) is 4.79 Å². The van der Waals surface area contributed by atoms with E-state index >= 15 is 0 Å². The van der Waals surface area contributed by atoms with Crippen molar-refractivity contribution in [3.8, 4) is 0 Å². The Morgan fingerprint density at radius 2 is 2.40 bits per heavy atom. The summed E-state index contributed by atoms with van der Waals surface area (Å²) < 4.78 is 1.02. The number of carbonyl (C=O) groups excluding carboxylic acids is 1. The number of nitrogens with zero attached hydrogens (tertiary/aromatic N) is 1. The molecule has 2 nitrogen and oxygen atoms in total. The second-order valence-corrected chi connectivity index (χ2v) is 7.14. The number of halogens is 1. The highest BCUT2D eigenvalue weighted by Gasteiger charge is 2.25. The Kier molecular flexibility index (Phi) is 3.74. The zero-order valence-electron chi connectivity index (χ0n) is 8.40. The molecule has 1 saturated heterocycles. The lowest BCUT2D eigenvalue weighted by molar-refractivity contribution is 0.0721. The van der Waals surface area contributed by atoms with Crippen molar-refractivity contribution < 1.29 is 4.79 Å². The maximum absolute atomic E-state index is 12.1. The van der Waals surface area contributed by atoms with Crippen molar-refractivity contribution in [1.82, 2.24) is 4.90 Å². The SMILES string of the molecule is CC1CSCCN1C(=O)c1ccc(Br)s1. The van der Waals surface area contributed by atoms with Gasteiger partial charge in [0.05, 0.1) is 8.66 Å². The third-order valence-electron chi connectivity index (χ3n) is 2.41. The van der Waals surface area contributed by atoms with Crippen LogP contribution < -0.4 is 0 Å². The lowest BCUT2D eigenvalue weighted by Crippen LogP contribution is -2.44. The van der Waals surface area contributed by atoms with Crippen LogP contribution in [-0.2, 0) is 0 Å². The summed E-state index contributed by atoms with van der Waals surface area (Å²) in [7, 11) is 0. The Morgan fingerprint density at radius 3 is 3.00 bits per heavy atom. The molecule has 15 heavy (non-hydrogen) atoms. The molecule has 0 radical (unpaired) electrons. The monoisotopic (exact) mass is 305 g/mol. The molecule has 1 amide bonds. The summed E-state index contributed by atoms with van der Waals surface area (Å²) in [4.78, 5) is 14.9. The second kappa shape index (κ2) is 4.89. The molecular formula is C10H12BrNOS2. The van der Waals surface area contributed by atoms with Crippen LogP contribution in [0, 0.1) is 0 Å². The van der Waals surface area contributed by atoms with Gasteiger partial charge < -0.3 is 4.90 Å². The quantitative estimate of drug-likeness (QED) is 0.795. The molecule has 1 unspecified atom stereocenters. The normalized spacial score (nSPS) is 21.7. The van der Waals surface area contributed by atoms with Crippen LogP contribution in [0.4, 0.5) is 0 Å². The lowest BCUT2D eigenvalue weighted by atomic mass is 10.3. The highest BCUT2D eigenvalue weighted by atomic mass is 79.9. The molecule has 1 aliphatic heterocycles. The molecule has 0 saturated carbocycles. The topological polar surface area (TPSA) is 20.3 Å². The first-order chi connectivity index (χ1) is 7.18. The van der Waals surface area contributed by atoms with Crippen molar-refractivity contribution in [3.05, 3.63) is 20.8 Å². The summed E-state index contributed by atoms with van der Waals surface area (Å²) in [5.41, 5.74) is 0. The zero-order chi connectivity index (χ0) is 10.8. The first-order valence-electron chi connectivity index (χ1n) is 4.82. The Morgan fingerprint density at radius 1 is 1.60 bits per heavy atom. The number of rotatable bonds is 1. The predicted octanol–water partition coefficient (Wildman–Crippen LogP) is 3.09. The van der Waals surface area contributed by atoms with E-state index in [1.54, 1.807) is 0 Å². The van der Waals surface area contributed by atoms with Gasteiger partial charge in [-0.15, -0.1) is 11.3 Å². The van der Waals surface area contributed by atoms with Crippen LogP contribution in [0.3, 0.4) is 0 Å². The third-order valence-corrected chi connectivity index (χ3v) is 5.21. The minimum Gasteiger partial charge on any atom is -0.334 e. The van der Waals surface area contributed by atoms with Gasteiger partial charge in [-0.25, -0.2) is 0 Å². The van der Waals surface area contributed by atoms with E-state index in [4.69, 9.17) is 0 Å². The van der Waals surface area contributed by atoms with E-state index in [1.165, 1.54) is 11.3 Å². The number of amides is 1. The van der Waals surface area contributed by atoms with Crippen LogP contribution in [0.15, 0.2) is 15.9 Å². The maximum Gasteiger partial charge on any atom is 0.264 e. The van der Waals surface area contributed by atoms with Gasteiger partial charge in [0.25, 0.3) is 5.91 Å². The number of hydrogen-bond acceptors (Lipinski definition) is 3. The van der Waals surface area contributed by atoms with Crippen LogP contribution >= 0.6 is 39.0 Å². The van der Waals surface area contributed by atoms with Gasteiger partial charge >= 0.3 is 0 Å². The van der Waals surface area contributed by atoms with Gasteiger partial charge in [0, 0.05) is 24.1 Å². The Hall–Kier alpha value is -0.0000000000000000833. The maximum atomic E-state index is 12.1. The molecule has 1 atom stereocenters. The lowest BCUT2D eigenvalue weighted by Gasteiger charge is -2.32. The minimum absolute atomic E-state index is 0.179. The average Bonchev–Trinajstić information content (AvgIpc) is 2.65. The van der Waals surface area contributed by atoms with E-state index in [-0.39, 0.29) is 5.91 Å². The Bertz CT molecular complexity index is 366. The van der Waals surface area contributed by atoms with E-state index < -0.39 is 0 Å². The van der Waals surface area contributed by atoms with Crippen LogP contribution in [0.2, 0.25) is 0 Å². The van der Waals surface area contributed by atoms with Gasteiger partial charge in [0.1, 0.15) is 0 Å². The van der Waals surface area contributed by atoms with Gasteiger partial charge in [-0.2, -0.15) is 11.8 Å². The molecule has 2 rings (SSSR count). The van der Waals surface area contributed by atoms with Crippen LogP contribution in [0.5, 0.6) is 0 Å². The van der Waals surface area contributed by atoms with Crippen molar-refractivity contribution in [3.63, 3.8) is 0 Å². The first kappa shape index (κ1) is 11.5. The fraction of sp³-hybridized carbons (Fsp3) is 0.500. The molecule has 1 aromatic heterocycles. The second-order valence-electron chi connectivity index (χ2n) is 3.53. The average molecular weight is 306 g/mol. The van der Waals surface area contributed by atoms with E-state index in [0.29, 0.717) is 6.04 Å². The molecule has 1 aliphatic rings. The van der Waals surface area contributed by atoms with E-state index in [0.717, 1.165) is 26.7 Å². The van der Waals surface area contributed by atoms with Crippen molar-refractivity contribution in [2.24, 2.45) is 0 Å². The fourth-order valence-electron chi connectivity index (χ4n) is 1.60. The number of carbonyl (C=O) groups is 1. The first-order valence-corrected chi connectivity index (χ1v) is 7.59. The smallest absolute Gasteiger partial charge is 0.264 e. The Labute approximate surface area is 106 Å². The highest BCUT2D eigenvalue weighted by Crippen LogP contribution is 2.25. The van der Waals surface area contributed by atoms with Crippen molar-refractivity contribution in [1.29, 1.82) is 0 Å². The molecule has 0 spiro atoms. The van der Waals surface area contributed by atoms with Gasteiger partial charge in [-0.05, 0) is 35.0 Å². The number of hydrogen-bond donors (Lipinski definition) is 0. The van der Waals surface area contributed by atoms with Crippen LogP contribution in [0.1, 0.15) is 16.6 Å². The summed E-state index contributed by atoms with van der Waals surface area (Å²) in [5.74, 6) is 2.29. The molecule has 0 aromatic carbocycles. The fourth-order valence-corrected chi connectivity index (χ4v) is 3.96. The van der Waals surface area contributed by atoms with E-state index in [1.807, 2.05) is 28.8 Å². The number of thioether (sulfide) groups is 1. The molecular weight excluding hydrogens is 294 g/mol. The predicted molar refractivity (Wildman–Crippen MR) is 69.8 cm³/mol. The van der Waals surface area contributed by atoms with Gasteiger partial charge in [0.2, 0.25) is 0 Å². The van der Waals surface area contributed by atoms with Crippen LogP contribution in [0.25, 0.3) is 0 Å². The molecule has 1 aromatic rings. The molecule has 2 heterocycles. The minimum atomic E-state index is 0.179. The molecule has 0 aliphatic carbocycles. The highest BCUT2D eigenvalue weighted by molar-refractivity contribution is 9.11. The molecule has 5 heteroatoms. The van der Waals surface area contributed by atoms with Gasteiger partial charge in [-0.1, -0.05) is 0 Å². The molecule has 82 valence electrons. The standard InChI is InChI=1S/C10H12BrNOS2/c1-7-6-14-5-4-12(7)10(13)8-2-3-9(11)15-8/h2-3,7H,4-6H2,1H3. The summed E-state index contributed by atoms with van der Waals surface area (Å²) in [6.07, 6.45) is 0. The van der Waals surface area contributed by atoms with Crippen molar-refractivity contribution in [2.75, 3.05) is 18.1 Å². The van der Waals surface area contributed by atoms with E-state index in [2.05, 4.69) is 22.9 Å². The molecule has 0 bridgehead atoms. The zero-order valence-corrected chi connectivity index (χ0v) is 11.6. The van der Waals surface area contributed by atoms with Crippen LogP contribution in [-0.4, -0.2) is 34.9 Å². The largest absolute Gasteiger partial charge is 0.334 e. The number of thiophene rings is 1. The van der Waals surface area contributed by atoms with Crippen molar-refractivity contribution >= 4 is 44.9 Å². The summed E-state index contributed by atoms with van der Waals surface area (Å²) in [6.45, 7) is 2.99. The third kappa shape index (κ3) is 2.57. The molecule has 1 fully saturated rings. The summed E-state index contributed by atoms with van der Waals surface area (Å²) >= 11 is 6.82. The van der Waals surface area contributed by atoms with Gasteiger partial charge in [-0.3, -0.25) is 4.79 Å². The van der Waals surface area contributed by atoms with Crippen molar-refractivity contribution in [2.45, 2.75) is 13.0 Å². The summed E-state index contributed by atoms with van der Waals surface area (Å²) in [6, 6.07) is 4.18. The summed E-state index contributed by atoms with van der Waals surface area (Å²) in [5, 5.41) is 0. The Balaban J connectivity index is 2.13. The van der Waals surface area contributed by atoms with Gasteiger partial charge in [0.15, 0.2) is 0 Å². The molecule has 0 N–H and O–H groups in total.